The van der Waals surface area contributed by atoms with Gasteiger partial charge in [-0.15, -0.1) is 0 Å². The van der Waals surface area contributed by atoms with Crippen molar-refractivity contribution in [2.45, 2.75) is 0 Å². The maximum absolute atomic E-state index is 9.89. The minimum absolute atomic E-state index is 0.493. The van der Waals surface area contributed by atoms with Crippen LogP contribution in [0.4, 0.5) is 5.69 Å². The monoisotopic (exact) mass is 1840 g/mol. The molecular weight excluding hydrogens is 1770 g/mol. The zero-order chi connectivity index (χ0) is 95.8. The van der Waals surface area contributed by atoms with E-state index in [9.17, 15) is 10.5 Å². The van der Waals surface area contributed by atoms with Crippen molar-refractivity contribution in [3.05, 3.63) is 484 Å². The predicted octanol–water partition coefficient (Wildman–Crippen LogP) is 30.2. The molecule has 0 fully saturated rings. The Morgan fingerprint density at radius 1 is 0.174 bits per heavy atom. The summed E-state index contributed by atoms with van der Waals surface area (Å²) in [5, 5.41) is 33.3. The van der Waals surface area contributed by atoms with E-state index in [-0.39, 0.29) is 0 Å². The zero-order valence-electron chi connectivity index (χ0n) is 76.9. The highest BCUT2D eigenvalue weighted by molar-refractivity contribution is 6.17. The van der Waals surface area contributed by atoms with Gasteiger partial charge in [-0.3, -0.25) is 9.13 Å². The number of para-hydroxylation sites is 6. The number of rotatable bonds is 13. The summed E-state index contributed by atoms with van der Waals surface area (Å²) in [5.41, 5.74) is 24.9. The van der Waals surface area contributed by atoms with Crippen molar-refractivity contribution < 1.29 is 0 Å². The van der Waals surface area contributed by atoms with E-state index < -0.39 is 0 Å². The lowest BCUT2D eigenvalue weighted by atomic mass is 10.1. The molecule has 18 heteroatoms. The number of nitriles is 2. The number of fused-ring (bicyclic) bond motifs is 18. The van der Waals surface area contributed by atoms with Gasteiger partial charge in [0.1, 0.15) is 0 Å². The Hall–Kier alpha value is -20.5. The molecule has 0 spiro atoms. The summed E-state index contributed by atoms with van der Waals surface area (Å²) in [5.74, 6) is 5.22. The van der Waals surface area contributed by atoms with Gasteiger partial charge in [0.2, 0.25) is 11.9 Å². The number of hydrogen-bond acceptors (Lipinski definition) is 11. The molecule has 144 heavy (non-hydrogen) atoms. The molecule has 28 aromatic rings. The Morgan fingerprint density at radius 3 is 0.688 bits per heavy atom. The van der Waals surface area contributed by atoms with E-state index in [2.05, 4.69) is 275 Å². The van der Waals surface area contributed by atoms with E-state index in [1.165, 1.54) is 43.4 Å². The van der Waals surface area contributed by atoms with Crippen LogP contribution in [0.3, 0.4) is 0 Å². The lowest BCUT2D eigenvalue weighted by molar-refractivity contribution is 0.953. The van der Waals surface area contributed by atoms with Gasteiger partial charge in [-0.25, -0.2) is 29.8 Å². The van der Waals surface area contributed by atoms with Crippen LogP contribution in [-0.4, -0.2) is 72.3 Å². The van der Waals surface area contributed by atoms with Crippen LogP contribution in [-0.2, 0) is 0 Å². The molecule has 18 nitrogen and oxygen atoms in total. The van der Waals surface area contributed by atoms with Crippen molar-refractivity contribution in [3.63, 3.8) is 0 Å². The molecule has 0 aliphatic rings. The van der Waals surface area contributed by atoms with E-state index >= 15 is 0 Å². The standard InChI is InChI=1S/C46H28N6.2C40H24N6/c47-29-30-19-25-38-39-28-35(52-40-17-9-7-15-36(40)37-16-8-10-18-41(37)52)24-26-42(39)51(43(38)27-30)34-22-20-33(21-23-34)46-49-44(31-11-3-1-4-12-31)48-45(50-46)32-13-5-2-6-14-32;1-41-28-20-22-36-32(24-28)33-25-29(45-34-18-10-8-16-30(34)31-17-9-11-19-35(31)45)21-23-37(33)46(36)40-43-38(26-12-4-2-5-13-26)42-39(44-40)27-14-6-3-7-15-27;41-25-26-19-21-32-33-24-29(45-34-17-9-7-15-30(34)31-16-8-10-18-35(31)45)20-22-36(33)46(37(32)23-26)40-43-38(27-11-3-1-4-12-27)42-39(44-40)28-13-5-2-6-14-28/h1-28H;2-25H;1-24H. The van der Waals surface area contributed by atoms with Crippen molar-refractivity contribution in [1.82, 2.24) is 72.3 Å². The van der Waals surface area contributed by atoms with Crippen LogP contribution in [0, 0.1) is 29.2 Å². The van der Waals surface area contributed by atoms with E-state index in [4.69, 9.17) is 51.4 Å². The fraction of sp³-hybridized carbons (Fsp3) is 0. The van der Waals surface area contributed by atoms with Crippen molar-refractivity contribution >= 4 is 137 Å². The first-order chi connectivity index (χ1) is 71.3. The Bertz CT molecular complexity index is 9790. The summed E-state index contributed by atoms with van der Waals surface area (Å²) in [4.78, 5) is 48.4. The molecule has 0 saturated carbocycles. The van der Waals surface area contributed by atoms with E-state index in [0.717, 1.165) is 149 Å². The fourth-order valence-electron chi connectivity index (χ4n) is 20.4. The van der Waals surface area contributed by atoms with Crippen LogP contribution in [0.1, 0.15) is 11.1 Å². The molecule has 0 amide bonds. The van der Waals surface area contributed by atoms with Crippen LogP contribution in [0.5, 0.6) is 0 Å². The topological polar surface area (TPSA) is 198 Å². The smallest absolute Gasteiger partial charge is 0.238 e. The van der Waals surface area contributed by atoms with Crippen LogP contribution in [0.2, 0.25) is 0 Å². The van der Waals surface area contributed by atoms with Crippen molar-refractivity contribution in [1.29, 1.82) is 10.5 Å². The molecule has 0 aliphatic carbocycles. The summed E-state index contributed by atoms with van der Waals surface area (Å²) in [6.45, 7) is 7.76. The normalized spacial score (nSPS) is 11.5. The average molecular weight is 1840 g/mol. The second-order valence-electron chi connectivity index (χ2n) is 35.3. The van der Waals surface area contributed by atoms with Crippen molar-refractivity contribution in [3.8, 4) is 126 Å². The van der Waals surface area contributed by atoms with Gasteiger partial charge in [-0.1, -0.05) is 309 Å². The van der Waals surface area contributed by atoms with Gasteiger partial charge < -0.3 is 18.3 Å². The van der Waals surface area contributed by atoms with Gasteiger partial charge in [0.25, 0.3) is 0 Å². The van der Waals surface area contributed by atoms with Gasteiger partial charge in [-0.2, -0.15) is 30.5 Å². The first kappa shape index (κ1) is 84.0. The third kappa shape index (κ3) is 14.6. The van der Waals surface area contributed by atoms with Gasteiger partial charge in [-0.05, 0) is 157 Å². The second-order valence-corrected chi connectivity index (χ2v) is 35.3. The third-order valence-electron chi connectivity index (χ3n) is 27.0. The first-order valence-electron chi connectivity index (χ1n) is 47.4. The lowest BCUT2D eigenvalue weighted by Crippen LogP contribution is -2.06. The molecule has 28 rings (SSSR count). The van der Waals surface area contributed by atoms with E-state index in [1.54, 1.807) is 0 Å². The van der Waals surface area contributed by atoms with E-state index in [0.29, 0.717) is 69.5 Å². The molecule has 0 radical (unpaired) electrons. The number of aromatic nitrogens is 15. The zero-order valence-corrected chi connectivity index (χ0v) is 76.9. The van der Waals surface area contributed by atoms with Crippen LogP contribution in [0.15, 0.2) is 461 Å². The van der Waals surface area contributed by atoms with Crippen LogP contribution in [0.25, 0.3) is 250 Å². The summed E-state index contributed by atoms with van der Waals surface area (Å²) in [7, 11) is 0. The van der Waals surface area contributed by atoms with Crippen LogP contribution >= 0.6 is 0 Å². The Morgan fingerprint density at radius 2 is 0.389 bits per heavy atom. The summed E-state index contributed by atoms with van der Waals surface area (Å²) in [6, 6.07) is 161. The SMILES string of the molecule is N#Cc1ccc2c3cc(-n4c5ccccc5c5ccccc54)ccc3n(-c3ccc(-c4nc(-c5ccccc5)nc(-c5ccccc5)n4)cc3)c2c1.N#Cc1ccc2c3cc(-n4c5ccccc5c5ccccc54)ccc3n(-c3nc(-c4ccccc4)nc(-c4ccccc4)n3)c2c1.[C-]#[N+]c1ccc2c(c1)c1cc(-n3c4ccccc4c4ccccc43)ccc1n2-c1nc(-c2ccccc2)nc(-c2ccccc2)n1. The van der Waals surface area contributed by atoms with Gasteiger partial charge in [0.05, 0.1) is 96.0 Å². The Labute approximate surface area is 823 Å². The predicted molar refractivity (Wildman–Crippen MR) is 579 cm³/mol. The maximum atomic E-state index is 9.89. The minimum atomic E-state index is 0.493. The molecule has 0 atom stereocenters. The second kappa shape index (κ2) is 35.2. The first-order valence-corrected chi connectivity index (χ1v) is 47.4. The van der Waals surface area contributed by atoms with Gasteiger partial charge in [0.15, 0.2) is 46.5 Å². The molecule has 0 N–H and O–H groups in total. The molecule has 9 heterocycles. The molecule has 0 saturated heterocycles. The van der Waals surface area contributed by atoms with Crippen molar-refractivity contribution in [2.75, 3.05) is 0 Å². The highest BCUT2D eigenvalue weighted by Gasteiger charge is 2.26. The molecule has 0 bridgehead atoms. The fourth-order valence-corrected chi connectivity index (χ4v) is 20.4. The number of nitrogens with zero attached hydrogens (tertiary/aromatic N) is 18. The highest BCUT2D eigenvalue weighted by atomic mass is 15.2. The average Bonchev–Trinajstić information content (AvgIpc) is 1.58. The quantitative estimate of drug-likeness (QED) is 0.0996. The Kier molecular flexibility index (Phi) is 20.6. The summed E-state index contributed by atoms with van der Waals surface area (Å²) in [6.07, 6.45) is 0. The molecular formula is C126H76N18. The molecule has 19 aromatic carbocycles. The van der Waals surface area contributed by atoms with Crippen LogP contribution < -0.4 is 0 Å². The van der Waals surface area contributed by atoms with Gasteiger partial charge >= 0.3 is 0 Å². The largest absolute Gasteiger partial charge is 0.309 e. The van der Waals surface area contributed by atoms with E-state index in [1.807, 2.05) is 231 Å². The molecule has 0 aliphatic heterocycles. The molecule has 9 aromatic heterocycles. The van der Waals surface area contributed by atoms with Crippen molar-refractivity contribution in [2.24, 2.45) is 0 Å². The molecule has 0 unspecified atom stereocenters. The highest BCUT2D eigenvalue weighted by Crippen LogP contribution is 2.44. The molecule has 670 valence electrons. The number of hydrogen-bond donors (Lipinski definition) is 0. The minimum Gasteiger partial charge on any atom is -0.309 e. The Balaban J connectivity index is 0.000000110. The summed E-state index contributed by atoms with van der Waals surface area (Å²) >= 11 is 0. The number of benzene rings is 19. The lowest BCUT2D eigenvalue weighted by Gasteiger charge is -2.11. The maximum Gasteiger partial charge on any atom is 0.238 e. The third-order valence-corrected chi connectivity index (χ3v) is 27.0. The summed E-state index contributed by atoms with van der Waals surface area (Å²) < 4.78 is 13.4. The van der Waals surface area contributed by atoms with Gasteiger partial charge in [0, 0.05) is 121 Å².